The summed E-state index contributed by atoms with van der Waals surface area (Å²) in [4.78, 5) is 11.1. The van der Waals surface area contributed by atoms with Crippen LogP contribution < -0.4 is 4.72 Å². The molecule has 0 unspecified atom stereocenters. The molecule has 0 saturated carbocycles. The number of sulfonamides is 1. The molecule has 6 nitrogen and oxygen atoms in total. The molecular weight excluding hydrogens is 412 g/mol. The van der Waals surface area contributed by atoms with E-state index in [-0.39, 0.29) is 25.5 Å². The average molecular weight is 418 g/mol. The molecule has 20 heavy (non-hydrogen) atoms. The zero-order valence-electron chi connectivity index (χ0n) is 9.68. The number of thiophene rings is 1. The molecule has 0 atom stereocenters. The van der Waals surface area contributed by atoms with E-state index in [1.807, 2.05) is 0 Å². The maximum absolute atomic E-state index is 12.2. The first-order chi connectivity index (χ1) is 9.22. The molecule has 2 rings (SSSR count). The first-order valence-corrected chi connectivity index (χ1v) is 9.14. The minimum Gasteiger partial charge on any atom is -0.478 e. The van der Waals surface area contributed by atoms with Crippen LogP contribution in [-0.2, 0) is 10.0 Å². The summed E-state index contributed by atoms with van der Waals surface area (Å²) in [6, 6.07) is 1.28. The first kappa shape index (κ1) is 15.7. The molecule has 11 heteroatoms. The molecule has 0 aliphatic heterocycles. The Morgan fingerprint density at radius 3 is 2.70 bits per heavy atom. The molecule has 0 saturated heterocycles. The number of carboxylic acids is 1. The van der Waals surface area contributed by atoms with Crippen molar-refractivity contribution in [3.8, 4) is 0 Å². The Morgan fingerprint density at radius 2 is 2.20 bits per heavy atom. The fourth-order valence-corrected chi connectivity index (χ4v) is 5.80. The number of anilines is 1. The molecule has 2 aromatic rings. The van der Waals surface area contributed by atoms with Gasteiger partial charge in [0.15, 0.2) is 0 Å². The van der Waals surface area contributed by atoms with Crippen LogP contribution in [0.3, 0.4) is 0 Å². The number of hydrogen-bond donors (Lipinski definition) is 2. The lowest BCUT2D eigenvalue weighted by atomic mass is 10.2. The van der Waals surface area contributed by atoms with E-state index >= 15 is 0 Å². The molecule has 108 valence electrons. The predicted molar refractivity (Wildman–Crippen MR) is 81.6 cm³/mol. The van der Waals surface area contributed by atoms with Crippen molar-refractivity contribution >= 4 is 71.4 Å². The van der Waals surface area contributed by atoms with Gasteiger partial charge in [0.2, 0.25) is 0 Å². The monoisotopic (exact) mass is 416 g/mol. The second-order valence-electron chi connectivity index (χ2n) is 3.57. The second-order valence-corrected chi connectivity index (χ2v) is 9.03. The summed E-state index contributed by atoms with van der Waals surface area (Å²) in [5.74, 6) is -1.24. The van der Waals surface area contributed by atoms with E-state index in [1.54, 1.807) is 0 Å². The predicted octanol–water partition coefficient (Wildman–Crippen LogP) is 3.43. The number of carboxylic acid groups (broad SMARTS) is 1. The number of nitrogens with one attached hydrogen (secondary N) is 1. The third-order valence-corrected chi connectivity index (χ3v) is 7.47. The third-order valence-electron chi connectivity index (χ3n) is 2.19. The number of hydrogen-bond acceptors (Lipinski definition) is 6. The summed E-state index contributed by atoms with van der Waals surface area (Å²) in [7, 11) is -3.90. The van der Waals surface area contributed by atoms with E-state index < -0.39 is 16.0 Å². The fraction of sp³-hybridized carbons (Fsp3) is 0.111. The number of aryl methyl sites for hydroxylation is 1. The Hall–Kier alpha value is -0.680. The molecule has 2 N–H and O–H groups in total. The smallest absolute Gasteiger partial charge is 0.340 e. The van der Waals surface area contributed by atoms with Crippen LogP contribution in [0.15, 0.2) is 14.1 Å². The molecule has 0 fully saturated rings. The average Bonchev–Trinajstić information content (AvgIpc) is 2.83. The number of nitrogens with zero attached hydrogens (tertiary/aromatic N) is 1. The van der Waals surface area contributed by atoms with Crippen molar-refractivity contribution in [2.24, 2.45) is 0 Å². The minimum atomic E-state index is -3.90. The summed E-state index contributed by atoms with van der Waals surface area (Å²) < 4.78 is 30.8. The van der Waals surface area contributed by atoms with Gasteiger partial charge >= 0.3 is 5.97 Å². The Balaban J connectivity index is 2.41. The minimum absolute atomic E-state index is 0.0169. The molecule has 0 aliphatic carbocycles. The van der Waals surface area contributed by atoms with Gasteiger partial charge in [-0.2, -0.15) is 4.37 Å². The Bertz CT molecular complexity index is 764. The van der Waals surface area contributed by atoms with Crippen LogP contribution in [0.5, 0.6) is 0 Å². The zero-order valence-corrected chi connectivity index (χ0v) is 14.5. The normalized spacial score (nSPS) is 11.6. The maximum Gasteiger partial charge on any atom is 0.340 e. The van der Waals surface area contributed by atoms with Crippen LogP contribution in [-0.4, -0.2) is 23.9 Å². The van der Waals surface area contributed by atoms with Gasteiger partial charge in [-0.15, -0.1) is 11.3 Å². The van der Waals surface area contributed by atoms with Gasteiger partial charge in [0, 0.05) is 0 Å². The highest BCUT2D eigenvalue weighted by molar-refractivity contribution is 9.11. The van der Waals surface area contributed by atoms with Gasteiger partial charge in [0.05, 0.1) is 14.5 Å². The van der Waals surface area contributed by atoms with E-state index in [4.69, 9.17) is 16.7 Å². The van der Waals surface area contributed by atoms with Gasteiger partial charge in [0.25, 0.3) is 10.0 Å². The summed E-state index contributed by atoms with van der Waals surface area (Å²) in [6.07, 6.45) is 0. The lowest BCUT2D eigenvalue weighted by Crippen LogP contribution is -2.13. The summed E-state index contributed by atoms with van der Waals surface area (Å²) in [5.41, 5.74) is 0.103. The van der Waals surface area contributed by atoms with Crippen LogP contribution in [0.2, 0.25) is 5.02 Å². The standard InChI is InChI=1S/C9H6BrClN2O4S3/c1-3-6(9(14)15)8(19-12-3)13-20(16,17)5-2-4(11)7(10)18-5/h2,13H,1H3,(H,14,15). The van der Waals surface area contributed by atoms with Crippen molar-refractivity contribution in [3.05, 3.63) is 26.1 Å². The lowest BCUT2D eigenvalue weighted by Gasteiger charge is -2.04. The molecule has 0 spiro atoms. The molecule has 0 amide bonds. The van der Waals surface area contributed by atoms with Crippen LogP contribution >= 0.6 is 50.4 Å². The highest BCUT2D eigenvalue weighted by Crippen LogP contribution is 2.36. The molecule has 2 aromatic heterocycles. The summed E-state index contributed by atoms with van der Waals surface area (Å²) in [6.45, 7) is 1.50. The van der Waals surface area contributed by atoms with E-state index in [1.165, 1.54) is 13.0 Å². The molecule has 0 radical (unpaired) electrons. The molecule has 2 heterocycles. The van der Waals surface area contributed by atoms with Gasteiger partial charge in [0.1, 0.15) is 14.8 Å². The van der Waals surface area contributed by atoms with Gasteiger partial charge in [-0.3, -0.25) is 4.72 Å². The van der Waals surface area contributed by atoms with Crippen molar-refractivity contribution in [1.82, 2.24) is 4.37 Å². The number of aromatic nitrogens is 1. The largest absolute Gasteiger partial charge is 0.478 e. The Labute approximate surface area is 135 Å². The fourth-order valence-electron chi connectivity index (χ4n) is 1.32. The van der Waals surface area contributed by atoms with Crippen molar-refractivity contribution in [2.45, 2.75) is 11.1 Å². The van der Waals surface area contributed by atoms with Crippen molar-refractivity contribution < 1.29 is 18.3 Å². The van der Waals surface area contributed by atoms with E-state index in [0.717, 1.165) is 22.9 Å². The van der Waals surface area contributed by atoms with E-state index in [9.17, 15) is 13.2 Å². The topological polar surface area (TPSA) is 96.4 Å². The van der Waals surface area contributed by atoms with Crippen LogP contribution in [0.4, 0.5) is 5.00 Å². The summed E-state index contributed by atoms with van der Waals surface area (Å²) in [5, 5.41) is 9.30. The van der Waals surface area contributed by atoms with Crippen molar-refractivity contribution in [3.63, 3.8) is 0 Å². The SMILES string of the molecule is Cc1nsc(NS(=O)(=O)c2cc(Cl)c(Br)s2)c1C(=O)O. The molecular formula is C9H6BrClN2O4S3. The third kappa shape index (κ3) is 2.98. The van der Waals surface area contributed by atoms with Crippen LogP contribution in [0, 0.1) is 6.92 Å². The van der Waals surface area contributed by atoms with Gasteiger partial charge in [-0.1, -0.05) is 11.6 Å². The lowest BCUT2D eigenvalue weighted by molar-refractivity contribution is 0.0697. The zero-order chi connectivity index (χ0) is 15.1. The van der Waals surface area contributed by atoms with Crippen LogP contribution in [0.25, 0.3) is 0 Å². The van der Waals surface area contributed by atoms with Crippen molar-refractivity contribution in [2.75, 3.05) is 4.72 Å². The number of carbonyl (C=O) groups is 1. The van der Waals surface area contributed by atoms with Gasteiger partial charge in [-0.25, -0.2) is 13.2 Å². The molecule has 0 aromatic carbocycles. The Kier molecular flexibility index (Phi) is 4.40. The first-order valence-electron chi connectivity index (χ1n) is 4.89. The number of halogens is 2. The quantitative estimate of drug-likeness (QED) is 0.794. The van der Waals surface area contributed by atoms with Crippen molar-refractivity contribution in [1.29, 1.82) is 0 Å². The highest BCUT2D eigenvalue weighted by atomic mass is 79.9. The van der Waals surface area contributed by atoms with E-state index in [2.05, 4.69) is 25.0 Å². The van der Waals surface area contributed by atoms with Gasteiger partial charge < -0.3 is 5.11 Å². The highest BCUT2D eigenvalue weighted by Gasteiger charge is 2.25. The van der Waals surface area contributed by atoms with Crippen LogP contribution in [0.1, 0.15) is 16.1 Å². The number of aromatic carboxylic acids is 1. The van der Waals surface area contributed by atoms with Gasteiger partial charge in [-0.05, 0) is 40.5 Å². The second kappa shape index (κ2) is 5.60. The summed E-state index contributed by atoms with van der Waals surface area (Å²) >= 11 is 10.6. The Morgan fingerprint density at radius 1 is 1.55 bits per heavy atom. The molecule has 0 aliphatic rings. The molecule has 0 bridgehead atoms. The van der Waals surface area contributed by atoms with E-state index in [0.29, 0.717) is 3.79 Å². The maximum atomic E-state index is 12.2. The number of rotatable bonds is 4.